The zero-order chi connectivity index (χ0) is 20.3. The van der Waals surface area contributed by atoms with Gasteiger partial charge < -0.3 is 10.1 Å². The first-order valence-electron chi connectivity index (χ1n) is 8.99. The van der Waals surface area contributed by atoms with Gasteiger partial charge in [0.05, 0.1) is 5.39 Å². The number of hydrogen-bond acceptors (Lipinski definition) is 5. The Morgan fingerprint density at radius 1 is 1.11 bits per heavy atom. The first-order chi connectivity index (χ1) is 13.4. The molecule has 0 fully saturated rings. The molecular formula is C21H21N3O4. The quantitative estimate of drug-likeness (QED) is 0.689. The molecule has 0 aliphatic rings. The summed E-state index contributed by atoms with van der Waals surface area (Å²) in [5, 5.41) is 7.65. The van der Waals surface area contributed by atoms with Crippen LogP contribution in [0.4, 0.5) is 5.69 Å². The van der Waals surface area contributed by atoms with Gasteiger partial charge in [-0.15, -0.1) is 0 Å². The average Bonchev–Trinajstić information content (AvgIpc) is 2.70. The van der Waals surface area contributed by atoms with E-state index in [-0.39, 0.29) is 11.3 Å². The number of fused-ring (bicyclic) bond motifs is 1. The van der Waals surface area contributed by atoms with Gasteiger partial charge in [0.1, 0.15) is 0 Å². The van der Waals surface area contributed by atoms with E-state index in [1.807, 2.05) is 25.1 Å². The lowest BCUT2D eigenvalue weighted by Gasteiger charge is -2.15. The Bertz CT molecular complexity index is 1100. The van der Waals surface area contributed by atoms with E-state index in [4.69, 9.17) is 4.74 Å². The van der Waals surface area contributed by atoms with E-state index in [0.29, 0.717) is 23.0 Å². The largest absolute Gasteiger partial charge is 0.448 e. The van der Waals surface area contributed by atoms with Crippen molar-refractivity contribution in [2.45, 2.75) is 33.4 Å². The fourth-order valence-corrected chi connectivity index (χ4v) is 2.82. The molecule has 28 heavy (non-hydrogen) atoms. The highest BCUT2D eigenvalue weighted by atomic mass is 16.5. The fraction of sp³-hybridized carbons (Fsp3) is 0.238. The molecule has 0 saturated carbocycles. The second-order valence-corrected chi connectivity index (χ2v) is 6.37. The maximum Gasteiger partial charge on any atom is 0.360 e. The predicted molar refractivity (Wildman–Crippen MR) is 106 cm³/mol. The highest BCUT2D eigenvalue weighted by molar-refractivity contribution is 6.03. The number of benzene rings is 2. The summed E-state index contributed by atoms with van der Waals surface area (Å²) in [6.07, 6.45) is -1.03. The highest BCUT2D eigenvalue weighted by Gasteiger charge is 2.23. The molecule has 2 aromatic carbocycles. The number of nitrogens with one attached hydrogen (secondary N) is 1. The number of carbonyl (C=O) groups is 2. The topological polar surface area (TPSA) is 90.3 Å². The van der Waals surface area contributed by atoms with E-state index < -0.39 is 18.0 Å². The van der Waals surface area contributed by atoms with Gasteiger partial charge in [-0.2, -0.15) is 5.10 Å². The Hall–Kier alpha value is -3.48. The van der Waals surface area contributed by atoms with Crippen LogP contribution in [0, 0.1) is 6.92 Å². The smallest absolute Gasteiger partial charge is 0.360 e. The molecule has 1 unspecified atom stereocenters. The summed E-state index contributed by atoms with van der Waals surface area (Å²) in [6.45, 7) is 5.43. The number of aryl methyl sites for hydroxylation is 2. The van der Waals surface area contributed by atoms with Crippen LogP contribution >= 0.6 is 0 Å². The van der Waals surface area contributed by atoms with E-state index in [1.165, 1.54) is 11.6 Å². The Kier molecular flexibility index (Phi) is 5.54. The molecule has 0 aliphatic heterocycles. The minimum atomic E-state index is -1.03. The molecule has 7 nitrogen and oxygen atoms in total. The molecule has 0 bridgehead atoms. The van der Waals surface area contributed by atoms with Crippen LogP contribution in [0.1, 0.15) is 29.9 Å². The molecule has 1 amide bonds. The molecule has 0 radical (unpaired) electrons. The molecule has 1 heterocycles. The summed E-state index contributed by atoms with van der Waals surface area (Å²) in [6, 6.07) is 14.0. The fourth-order valence-electron chi connectivity index (χ4n) is 2.82. The van der Waals surface area contributed by atoms with Gasteiger partial charge in [-0.1, -0.05) is 36.4 Å². The molecule has 1 N–H and O–H groups in total. The Balaban J connectivity index is 1.85. The number of anilines is 1. The summed E-state index contributed by atoms with van der Waals surface area (Å²) in [7, 11) is 0. The zero-order valence-electron chi connectivity index (χ0n) is 15.9. The number of hydrogen-bond donors (Lipinski definition) is 1. The number of amides is 1. The van der Waals surface area contributed by atoms with Crippen LogP contribution in [0.2, 0.25) is 0 Å². The molecular weight excluding hydrogens is 358 g/mol. The highest BCUT2D eigenvalue weighted by Crippen LogP contribution is 2.17. The van der Waals surface area contributed by atoms with Crippen molar-refractivity contribution in [2.75, 3.05) is 5.32 Å². The normalized spacial score (nSPS) is 11.8. The van der Waals surface area contributed by atoms with Crippen molar-refractivity contribution in [1.82, 2.24) is 9.78 Å². The summed E-state index contributed by atoms with van der Waals surface area (Å²) < 4.78 is 6.53. The van der Waals surface area contributed by atoms with Crippen molar-refractivity contribution in [1.29, 1.82) is 0 Å². The van der Waals surface area contributed by atoms with Crippen LogP contribution in [0.3, 0.4) is 0 Å². The third kappa shape index (κ3) is 3.78. The summed E-state index contributed by atoms with van der Waals surface area (Å²) >= 11 is 0. The first-order valence-corrected chi connectivity index (χ1v) is 8.99. The van der Waals surface area contributed by atoms with Gasteiger partial charge in [0.25, 0.3) is 11.5 Å². The Morgan fingerprint density at radius 3 is 2.43 bits per heavy atom. The van der Waals surface area contributed by atoms with Gasteiger partial charge in [-0.3, -0.25) is 9.59 Å². The predicted octanol–water partition coefficient (Wildman–Crippen LogP) is 2.91. The Labute approximate surface area is 161 Å². The lowest BCUT2D eigenvalue weighted by molar-refractivity contribution is -0.123. The standard InChI is InChI=1S/C21H21N3O4/c1-4-24-20(26)16-11-7-6-10-15(16)18(23-24)21(27)28-14(3)19(25)22-17-12-8-5-9-13(17)2/h5-12,14H,4H2,1-3H3,(H,22,25). The molecule has 0 spiro atoms. The van der Waals surface area contributed by atoms with Crippen molar-refractivity contribution >= 4 is 28.3 Å². The SMILES string of the molecule is CCn1nc(C(=O)OC(C)C(=O)Nc2ccccc2C)c2ccccc2c1=O. The van der Waals surface area contributed by atoms with Crippen LogP contribution in [0.5, 0.6) is 0 Å². The minimum Gasteiger partial charge on any atom is -0.448 e. The average molecular weight is 379 g/mol. The lowest BCUT2D eigenvalue weighted by Crippen LogP contribution is -2.32. The van der Waals surface area contributed by atoms with E-state index in [0.717, 1.165) is 5.56 Å². The van der Waals surface area contributed by atoms with Crippen molar-refractivity contribution in [3.8, 4) is 0 Å². The maximum absolute atomic E-state index is 12.7. The maximum atomic E-state index is 12.7. The number of ether oxygens (including phenoxy) is 1. The van der Waals surface area contributed by atoms with Gasteiger partial charge >= 0.3 is 5.97 Å². The van der Waals surface area contributed by atoms with Crippen LogP contribution in [0.25, 0.3) is 10.8 Å². The monoisotopic (exact) mass is 379 g/mol. The van der Waals surface area contributed by atoms with Crippen molar-refractivity contribution in [2.24, 2.45) is 0 Å². The molecule has 1 atom stereocenters. The van der Waals surface area contributed by atoms with Crippen molar-refractivity contribution in [3.63, 3.8) is 0 Å². The van der Waals surface area contributed by atoms with Gasteiger partial charge in [0.15, 0.2) is 11.8 Å². The van der Waals surface area contributed by atoms with Crippen molar-refractivity contribution < 1.29 is 14.3 Å². The summed E-state index contributed by atoms with van der Waals surface area (Å²) in [5.41, 5.74) is 1.28. The summed E-state index contributed by atoms with van der Waals surface area (Å²) in [5.74, 6) is -1.21. The number of esters is 1. The van der Waals surface area contributed by atoms with Crippen LogP contribution in [-0.4, -0.2) is 27.8 Å². The van der Waals surface area contributed by atoms with E-state index in [1.54, 1.807) is 37.3 Å². The van der Waals surface area contributed by atoms with Gasteiger partial charge in [0.2, 0.25) is 0 Å². The number of para-hydroxylation sites is 1. The third-order valence-electron chi connectivity index (χ3n) is 4.42. The molecule has 7 heteroatoms. The van der Waals surface area contributed by atoms with Crippen LogP contribution in [-0.2, 0) is 16.1 Å². The van der Waals surface area contributed by atoms with Gasteiger partial charge in [0, 0.05) is 17.6 Å². The molecule has 0 saturated heterocycles. The lowest BCUT2D eigenvalue weighted by atomic mass is 10.1. The zero-order valence-corrected chi connectivity index (χ0v) is 15.9. The van der Waals surface area contributed by atoms with Gasteiger partial charge in [-0.05, 0) is 38.5 Å². The Morgan fingerprint density at radius 2 is 1.75 bits per heavy atom. The van der Waals surface area contributed by atoms with E-state index >= 15 is 0 Å². The number of rotatable bonds is 5. The first kappa shape index (κ1) is 19.3. The molecule has 144 valence electrons. The second-order valence-electron chi connectivity index (χ2n) is 6.37. The van der Waals surface area contributed by atoms with Crippen molar-refractivity contribution in [3.05, 3.63) is 70.1 Å². The van der Waals surface area contributed by atoms with E-state index in [9.17, 15) is 14.4 Å². The summed E-state index contributed by atoms with van der Waals surface area (Å²) in [4.78, 5) is 37.5. The second kappa shape index (κ2) is 8.04. The van der Waals surface area contributed by atoms with Crippen LogP contribution in [0.15, 0.2) is 53.3 Å². The molecule has 0 aliphatic carbocycles. The van der Waals surface area contributed by atoms with E-state index in [2.05, 4.69) is 10.4 Å². The molecule has 3 aromatic rings. The number of aromatic nitrogens is 2. The number of carbonyl (C=O) groups excluding carboxylic acids is 2. The third-order valence-corrected chi connectivity index (χ3v) is 4.42. The van der Waals surface area contributed by atoms with Gasteiger partial charge in [-0.25, -0.2) is 9.48 Å². The van der Waals surface area contributed by atoms with Crippen LogP contribution < -0.4 is 10.9 Å². The number of nitrogens with zero attached hydrogens (tertiary/aromatic N) is 2. The molecule has 3 rings (SSSR count). The minimum absolute atomic E-state index is 0.00703. The molecule has 1 aromatic heterocycles.